The molecule has 0 atom stereocenters. The number of carbonyl (C=O) groups excluding carboxylic acids is 1. The molecule has 0 bridgehead atoms. The van der Waals surface area contributed by atoms with Crippen molar-refractivity contribution in [2.75, 3.05) is 20.3 Å². The maximum Gasteiger partial charge on any atom is 0.224 e. The van der Waals surface area contributed by atoms with E-state index < -0.39 is 0 Å². The van der Waals surface area contributed by atoms with Crippen LogP contribution >= 0.6 is 0 Å². The molecule has 4 heteroatoms. The molecule has 4 nitrogen and oxygen atoms in total. The quantitative estimate of drug-likeness (QED) is 0.880. The molecule has 1 amide bonds. The maximum atomic E-state index is 11.9. The van der Waals surface area contributed by atoms with Crippen molar-refractivity contribution in [1.29, 1.82) is 0 Å². The number of rotatable bonds is 4. The molecule has 1 saturated heterocycles. The lowest BCUT2D eigenvalue weighted by molar-refractivity contribution is -0.121. The van der Waals surface area contributed by atoms with Gasteiger partial charge in [-0.15, -0.1) is 0 Å². The SMILES string of the molecule is COc1ccc(CC(=O)NC2CCOCC2)cc1. The zero-order valence-electron chi connectivity index (χ0n) is 10.6. The second kappa shape index (κ2) is 6.40. The van der Waals surface area contributed by atoms with E-state index in [-0.39, 0.29) is 11.9 Å². The first-order valence-electron chi connectivity index (χ1n) is 6.28. The van der Waals surface area contributed by atoms with Gasteiger partial charge in [-0.05, 0) is 30.5 Å². The molecule has 0 radical (unpaired) electrons. The van der Waals surface area contributed by atoms with Gasteiger partial charge in [-0.25, -0.2) is 0 Å². The van der Waals surface area contributed by atoms with Gasteiger partial charge in [0.25, 0.3) is 0 Å². The molecule has 0 aromatic heterocycles. The summed E-state index contributed by atoms with van der Waals surface area (Å²) in [6.45, 7) is 1.49. The highest BCUT2D eigenvalue weighted by atomic mass is 16.5. The third-order valence-corrected chi connectivity index (χ3v) is 3.11. The van der Waals surface area contributed by atoms with E-state index >= 15 is 0 Å². The molecule has 98 valence electrons. The van der Waals surface area contributed by atoms with Crippen molar-refractivity contribution in [3.8, 4) is 5.75 Å². The van der Waals surface area contributed by atoms with Crippen LogP contribution in [0.3, 0.4) is 0 Å². The van der Waals surface area contributed by atoms with Gasteiger partial charge in [-0.2, -0.15) is 0 Å². The van der Waals surface area contributed by atoms with E-state index in [1.807, 2.05) is 24.3 Å². The summed E-state index contributed by atoms with van der Waals surface area (Å²) in [6, 6.07) is 7.85. The van der Waals surface area contributed by atoms with Gasteiger partial charge in [-0.1, -0.05) is 12.1 Å². The standard InChI is InChI=1S/C14H19NO3/c1-17-13-4-2-11(3-5-13)10-14(16)15-12-6-8-18-9-7-12/h2-5,12H,6-10H2,1H3,(H,15,16). The molecule has 0 aliphatic carbocycles. The van der Waals surface area contributed by atoms with Crippen LogP contribution in [-0.2, 0) is 16.0 Å². The summed E-state index contributed by atoms with van der Waals surface area (Å²) in [5.74, 6) is 0.885. The summed E-state index contributed by atoms with van der Waals surface area (Å²) >= 11 is 0. The molecular weight excluding hydrogens is 230 g/mol. The molecule has 1 fully saturated rings. The van der Waals surface area contributed by atoms with E-state index in [2.05, 4.69) is 5.32 Å². The van der Waals surface area contributed by atoms with Crippen LogP contribution in [0.25, 0.3) is 0 Å². The maximum absolute atomic E-state index is 11.9. The Balaban J connectivity index is 1.82. The van der Waals surface area contributed by atoms with Crippen LogP contribution in [-0.4, -0.2) is 32.3 Å². The van der Waals surface area contributed by atoms with Crippen LogP contribution < -0.4 is 10.1 Å². The van der Waals surface area contributed by atoms with Crippen molar-refractivity contribution in [2.24, 2.45) is 0 Å². The van der Waals surface area contributed by atoms with Crippen molar-refractivity contribution in [3.63, 3.8) is 0 Å². The van der Waals surface area contributed by atoms with Gasteiger partial charge in [0.15, 0.2) is 0 Å². The smallest absolute Gasteiger partial charge is 0.224 e. The lowest BCUT2D eigenvalue weighted by Crippen LogP contribution is -2.39. The fourth-order valence-corrected chi connectivity index (χ4v) is 2.05. The van der Waals surface area contributed by atoms with Crippen LogP contribution in [0.5, 0.6) is 5.75 Å². The van der Waals surface area contributed by atoms with Crippen molar-refractivity contribution < 1.29 is 14.3 Å². The minimum Gasteiger partial charge on any atom is -0.497 e. The molecule has 2 rings (SSSR count). The molecule has 1 N–H and O–H groups in total. The topological polar surface area (TPSA) is 47.6 Å². The van der Waals surface area contributed by atoms with Crippen molar-refractivity contribution >= 4 is 5.91 Å². The summed E-state index contributed by atoms with van der Waals surface area (Å²) in [5, 5.41) is 3.05. The van der Waals surface area contributed by atoms with E-state index in [1.165, 1.54) is 0 Å². The van der Waals surface area contributed by atoms with E-state index in [9.17, 15) is 4.79 Å². The molecular formula is C14H19NO3. The molecule has 1 aliphatic heterocycles. The summed E-state index contributed by atoms with van der Waals surface area (Å²) in [6.07, 6.45) is 2.24. The van der Waals surface area contributed by atoms with Gasteiger partial charge in [0.05, 0.1) is 13.5 Å². The van der Waals surface area contributed by atoms with Gasteiger partial charge in [0.1, 0.15) is 5.75 Å². The fourth-order valence-electron chi connectivity index (χ4n) is 2.05. The van der Waals surface area contributed by atoms with Crippen molar-refractivity contribution in [3.05, 3.63) is 29.8 Å². The highest BCUT2D eigenvalue weighted by Crippen LogP contribution is 2.12. The molecule has 1 aromatic carbocycles. The largest absolute Gasteiger partial charge is 0.497 e. The minimum absolute atomic E-state index is 0.0760. The van der Waals surface area contributed by atoms with E-state index in [0.717, 1.165) is 37.4 Å². The molecule has 0 spiro atoms. The van der Waals surface area contributed by atoms with Crippen LogP contribution in [0.2, 0.25) is 0 Å². The second-order valence-corrected chi connectivity index (χ2v) is 4.48. The first-order valence-corrected chi connectivity index (χ1v) is 6.28. The van der Waals surface area contributed by atoms with E-state index in [1.54, 1.807) is 7.11 Å². The Bertz CT molecular complexity index is 383. The summed E-state index contributed by atoms with van der Waals surface area (Å²) < 4.78 is 10.3. The zero-order chi connectivity index (χ0) is 12.8. The lowest BCUT2D eigenvalue weighted by atomic mass is 10.1. The fraction of sp³-hybridized carbons (Fsp3) is 0.500. The summed E-state index contributed by atoms with van der Waals surface area (Å²) in [4.78, 5) is 11.9. The number of ether oxygens (including phenoxy) is 2. The van der Waals surface area contributed by atoms with Gasteiger partial charge in [0, 0.05) is 19.3 Å². The number of methoxy groups -OCH3 is 1. The van der Waals surface area contributed by atoms with Gasteiger partial charge in [0.2, 0.25) is 5.91 Å². The zero-order valence-corrected chi connectivity index (χ0v) is 10.6. The predicted molar refractivity (Wildman–Crippen MR) is 68.7 cm³/mol. The summed E-state index contributed by atoms with van der Waals surface area (Å²) in [7, 11) is 1.63. The van der Waals surface area contributed by atoms with Crippen LogP contribution in [0.15, 0.2) is 24.3 Å². The number of nitrogens with one attached hydrogen (secondary N) is 1. The van der Waals surface area contributed by atoms with E-state index in [0.29, 0.717) is 6.42 Å². The van der Waals surface area contributed by atoms with Gasteiger partial charge >= 0.3 is 0 Å². The molecule has 1 aliphatic rings. The average Bonchev–Trinajstić information content (AvgIpc) is 2.40. The molecule has 18 heavy (non-hydrogen) atoms. The Morgan fingerprint density at radius 2 is 2.00 bits per heavy atom. The van der Waals surface area contributed by atoms with Crippen LogP contribution in [0.4, 0.5) is 0 Å². The Labute approximate surface area is 107 Å². The van der Waals surface area contributed by atoms with Crippen LogP contribution in [0, 0.1) is 0 Å². The highest BCUT2D eigenvalue weighted by Gasteiger charge is 2.15. The molecule has 0 unspecified atom stereocenters. The number of benzene rings is 1. The van der Waals surface area contributed by atoms with Crippen molar-refractivity contribution in [1.82, 2.24) is 5.32 Å². The van der Waals surface area contributed by atoms with Gasteiger partial charge < -0.3 is 14.8 Å². The average molecular weight is 249 g/mol. The highest BCUT2D eigenvalue weighted by molar-refractivity contribution is 5.78. The van der Waals surface area contributed by atoms with E-state index in [4.69, 9.17) is 9.47 Å². The number of hydrogen-bond donors (Lipinski definition) is 1. The number of carbonyl (C=O) groups is 1. The summed E-state index contributed by atoms with van der Waals surface area (Å²) in [5.41, 5.74) is 1.00. The number of amides is 1. The second-order valence-electron chi connectivity index (χ2n) is 4.48. The molecule has 1 aromatic rings. The predicted octanol–water partition coefficient (Wildman–Crippen LogP) is 1.53. The lowest BCUT2D eigenvalue weighted by Gasteiger charge is -2.23. The first kappa shape index (κ1) is 12.9. The Hall–Kier alpha value is -1.55. The Morgan fingerprint density at radius 3 is 2.61 bits per heavy atom. The Morgan fingerprint density at radius 1 is 1.33 bits per heavy atom. The van der Waals surface area contributed by atoms with Crippen molar-refractivity contribution in [2.45, 2.75) is 25.3 Å². The monoisotopic (exact) mass is 249 g/mol. The number of hydrogen-bond acceptors (Lipinski definition) is 3. The normalized spacial score (nSPS) is 16.3. The Kier molecular flexibility index (Phi) is 4.59. The van der Waals surface area contributed by atoms with Gasteiger partial charge in [-0.3, -0.25) is 4.79 Å². The minimum atomic E-state index is 0.0760. The molecule has 0 saturated carbocycles. The first-order chi connectivity index (χ1) is 8.78. The van der Waals surface area contributed by atoms with Crippen LogP contribution in [0.1, 0.15) is 18.4 Å². The third kappa shape index (κ3) is 3.74. The third-order valence-electron chi connectivity index (χ3n) is 3.11. The molecule has 1 heterocycles.